The highest BCUT2D eigenvalue weighted by Crippen LogP contribution is 2.19. The van der Waals surface area contributed by atoms with Crippen molar-refractivity contribution < 1.29 is 9.53 Å². The van der Waals surface area contributed by atoms with Gasteiger partial charge in [0.1, 0.15) is 5.56 Å². The Labute approximate surface area is 149 Å². The topological polar surface area (TPSA) is 54.5 Å². The number of pyridine rings is 1. The van der Waals surface area contributed by atoms with Gasteiger partial charge in [0.2, 0.25) is 5.88 Å². The van der Waals surface area contributed by atoms with E-state index in [2.05, 4.69) is 39.5 Å². The molecular weight excluding hydrogens is 314 g/mol. The highest BCUT2D eigenvalue weighted by atomic mass is 16.5. The van der Waals surface area contributed by atoms with Gasteiger partial charge in [0.05, 0.1) is 6.61 Å². The third-order valence-electron chi connectivity index (χ3n) is 4.42. The van der Waals surface area contributed by atoms with Crippen LogP contribution in [0.2, 0.25) is 0 Å². The Bertz CT molecular complexity index is 732. The van der Waals surface area contributed by atoms with Gasteiger partial charge in [-0.25, -0.2) is 4.98 Å². The molecule has 0 bridgehead atoms. The summed E-state index contributed by atoms with van der Waals surface area (Å²) in [4.78, 5) is 19.1. The van der Waals surface area contributed by atoms with Crippen LogP contribution in [0.1, 0.15) is 35.3 Å². The van der Waals surface area contributed by atoms with E-state index in [1.807, 2.05) is 13.8 Å². The van der Waals surface area contributed by atoms with Crippen LogP contribution in [0.5, 0.6) is 5.88 Å². The quantitative estimate of drug-likeness (QED) is 0.879. The number of hydrogen-bond acceptors (Lipinski definition) is 4. The van der Waals surface area contributed by atoms with Gasteiger partial charge in [-0.15, -0.1) is 0 Å². The van der Waals surface area contributed by atoms with Gasteiger partial charge >= 0.3 is 0 Å². The number of amides is 1. The van der Waals surface area contributed by atoms with Crippen LogP contribution in [0, 0.1) is 0 Å². The molecule has 5 nitrogen and oxygen atoms in total. The van der Waals surface area contributed by atoms with Crippen molar-refractivity contribution in [3.05, 3.63) is 59.3 Å². The molecule has 0 radical (unpaired) electrons. The van der Waals surface area contributed by atoms with Crippen molar-refractivity contribution in [3.63, 3.8) is 0 Å². The molecule has 1 N–H and O–H groups in total. The molecule has 1 aromatic heterocycles. The van der Waals surface area contributed by atoms with Crippen LogP contribution in [-0.4, -0.2) is 41.5 Å². The van der Waals surface area contributed by atoms with Crippen LogP contribution in [0.15, 0.2) is 42.6 Å². The number of ether oxygens (including phenoxy) is 1. The maximum absolute atomic E-state index is 12.5. The molecule has 5 heteroatoms. The molecule has 25 heavy (non-hydrogen) atoms. The maximum Gasteiger partial charge on any atom is 0.257 e. The summed E-state index contributed by atoms with van der Waals surface area (Å²) in [6, 6.07) is 12.1. The zero-order valence-corrected chi connectivity index (χ0v) is 14.9. The highest BCUT2D eigenvalue weighted by Gasteiger charge is 2.20. The lowest BCUT2D eigenvalue weighted by atomic mass is 9.99. The van der Waals surface area contributed by atoms with E-state index in [-0.39, 0.29) is 11.9 Å². The molecule has 1 aliphatic heterocycles. The SMILES string of the molecule is CCOc1ncccc1C(=O)NC(C)CN1CCc2ccccc2C1. The molecule has 1 aromatic carbocycles. The molecule has 0 saturated heterocycles. The molecule has 0 spiro atoms. The molecule has 132 valence electrons. The Morgan fingerprint density at radius 2 is 2.08 bits per heavy atom. The molecule has 1 atom stereocenters. The Morgan fingerprint density at radius 3 is 2.88 bits per heavy atom. The van der Waals surface area contributed by atoms with Gasteiger partial charge in [-0.2, -0.15) is 0 Å². The Balaban J connectivity index is 1.58. The molecule has 1 amide bonds. The average molecular weight is 339 g/mol. The minimum Gasteiger partial charge on any atom is -0.477 e. The predicted molar refractivity (Wildman–Crippen MR) is 97.8 cm³/mol. The summed E-state index contributed by atoms with van der Waals surface area (Å²) < 4.78 is 5.45. The zero-order chi connectivity index (χ0) is 17.6. The summed E-state index contributed by atoms with van der Waals surface area (Å²) in [5, 5.41) is 3.07. The van der Waals surface area contributed by atoms with Crippen molar-refractivity contribution in [2.45, 2.75) is 32.9 Å². The second-order valence-electron chi connectivity index (χ2n) is 6.42. The lowest BCUT2D eigenvalue weighted by Crippen LogP contribution is -2.43. The number of aromatic nitrogens is 1. The van der Waals surface area contributed by atoms with Crippen LogP contribution in [0.25, 0.3) is 0 Å². The number of nitrogens with zero attached hydrogens (tertiary/aromatic N) is 2. The fourth-order valence-corrected chi connectivity index (χ4v) is 3.26. The molecule has 0 saturated carbocycles. The maximum atomic E-state index is 12.5. The molecule has 0 aliphatic carbocycles. The molecule has 2 heterocycles. The molecule has 0 fully saturated rings. The predicted octanol–water partition coefficient (Wildman–Crippen LogP) is 2.66. The number of carbonyl (C=O) groups excluding carboxylic acids is 1. The van der Waals surface area contributed by atoms with Crippen molar-refractivity contribution in [1.29, 1.82) is 0 Å². The first kappa shape index (κ1) is 17.4. The molecule has 1 unspecified atom stereocenters. The van der Waals surface area contributed by atoms with Crippen molar-refractivity contribution >= 4 is 5.91 Å². The lowest BCUT2D eigenvalue weighted by Gasteiger charge is -2.31. The van der Waals surface area contributed by atoms with Crippen LogP contribution in [0.3, 0.4) is 0 Å². The summed E-state index contributed by atoms with van der Waals surface area (Å²) in [5.74, 6) is 0.253. The summed E-state index contributed by atoms with van der Waals surface area (Å²) in [6.07, 6.45) is 2.70. The number of hydrogen-bond donors (Lipinski definition) is 1. The first-order valence-corrected chi connectivity index (χ1v) is 8.85. The van der Waals surface area contributed by atoms with Gasteiger partial charge in [0, 0.05) is 31.9 Å². The standard InChI is InChI=1S/C20H25N3O2/c1-3-25-20-18(9-6-11-21-20)19(24)22-15(2)13-23-12-10-16-7-4-5-8-17(16)14-23/h4-9,11,15H,3,10,12-14H2,1-2H3,(H,22,24). The molecule has 1 aliphatic rings. The van der Waals surface area contributed by atoms with Crippen molar-refractivity contribution in [3.8, 4) is 5.88 Å². The van der Waals surface area contributed by atoms with Crippen LogP contribution in [-0.2, 0) is 13.0 Å². The largest absolute Gasteiger partial charge is 0.477 e. The highest BCUT2D eigenvalue weighted by molar-refractivity contribution is 5.96. The Hall–Kier alpha value is -2.40. The fourth-order valence-electron chi connectivity index (χ4n) is 3.26. The summed E-state index contributed by atoms with van der Waals surface area (Å²) in [6.45, 7) is 7.19. The molecule has 3 rings (SSSR count). The van der Waals surface area contributed by atoms with Gasteiger partial charge < -0.3 is 10.1 Å². The number of rotatable bonds is 6. The van der Waals surface area contributed by atoms with Crippen molar-refractivity contribution in [2.75, 3.05) is 19.7 Å². The smallest absolute Gasteiger partial charge is 0.257 e. The van der Waals surface area contributed by atoms with Crippen molar-refractivity contribution in [1.82, 2.24) is 15.2 Å². The molecular formula is C20H25N3O2. The Kier molecular flexibility index (Phi) is 5.66. The number of benzene rings is 1. The normalized spacial score (nSPS) is 15.3. The third kappa shape index (κ3) is 4.37. The first-order chi connectivity index (χ1) is 12.2. The average Bonchev–Trinajstić information content (AvgIpc) is 2.62. The summed E-state index contributed by atoms with van der Waals surface area (Å²) in [5.41, 5.74) is 3.31. The number of fused-ring (bicyclic) bond motifs is 1. The third-order valence-corrected chi connectivity index (χ3v) is 4.42. The monoisotopic (exact) mass is 339 g/mol. The minimum absolute atomic E-state index is 0.0486. The van der Waals surface area contributed by atoms with E-state index in [4.69, 9.17) is 4.74 Å². The van der Waals surface area contributed by atoms with Gasteiger partial charge in [0.25, 0.3) is 5.91 Å². The van der Waals surface area contributed by atoms with Gasteiger partial charge in [0.15, 0.2) is 0 Å². The van der Waals surface area contributed by atoms with E-state index in [9.17, 15) is 4.79 Å². The van der Waals surface area contributed by atoms with E-state index < -0.39 is 0 Å². The summed E-state index contributed by atoms with van der Waals surface area (Å²) >= 11 is 0. The second kappa shape index (κ2) is 8.12. The first-order valence-electron chi connectivity index (χ1n) is 8.85. The minimum atomic E-state index is -0.138. The van der Waals surface area contributed by atoms with Crippen LogP contribution < -0.4 is 10.1 Å². The van der Waals surface area contributed by atoms with E-state index in [1.165, 1.54) is 11.1 Å². The van der Waals surface area contributed by atoms with E-state index >= 15 is 0 Å². The van der Waals surface area contributed by atoms with E-state index in [0.717, 1.165) is 26.1 Å². The second-order valence-corrected chi connectivity index (χ2v) is 6.42. The molecule has 2 aromatic rings. The van der Waals surface area contributed by atoms with Crippen LogP contribution in [0.4, 0.5) is 0 Å². The van der Waals surface area contributed by atoms with Gasteiger partial charge in [-0.3, -0.25) is 9.69 Å². The van der Waals surface area contributed by atoms with Crippen molar-refractivity contribution in [2.24, 2.45) is 0 Å². The van der Waals surface area contributed by atoms with E-state index in [0.29, 0.717) is 18.1 Å². The van der Waals surface area contributed by atoms with Gasteiger partial charge in [-0.1, -0.05) is 24.3 Å². The number of nitrogens with one attached hydrogen (secondary N) is 1. The number of carbonyl (C=O) groups is 1. The van der Waals surface area contributed by atoms with Crippen LogP contribution >= 0.6 is 0 Å². The lowest BCUT2D eigenvalue weighted by molar-refractivity contribution is 0.0922. The van der Waals surface area contributed by atoms with E-state index in [1.54, 1.807) is 18.3 Å². The fraction of sp³-hybridized carbons (Fsp3) is 0.400. The van der Waals surface area contributed by atoms with Gasteiger partial charge in [-0.05, 0) is 43.5 Å². The summed E-state index contributed by atoms with van der Waals surface area (Å²) in [7, 11) is 0. The zero-order valence-electron chi connectivity index (χ0n) is 14.9. The Morgan fingerprint density at radius 1 is 1.28 bits per heavy atom.